The van der Waals surface area contributed by atoms with Gasteiger partial charge in [0.1, 0.15) is 17.8 Å². The van der Waals surface area contributed by atoms with Crippen molar-refractivity contribution in [3.05, 3.63) is 17.0 Å². The van der Waals surface area contributed by atoms with Crippen molar-refractivity contribution in [2.24, 2.45) is 0 Å². The number of piperazine rings is 1. The fourth-order valence-electron chi connectivity index (χ4n) is 2.41. The van der Waals surface area contributed by atoms with Gasteiger partial charge in [-0.3, -0.25) is 9.59 Å². The summed E-state index contributed by atoms with van der Waals surface area (Å²) in [5.41, 5.74) is 1.65. The summed E-state index contributed by atoms with van der Waals surface area (Å²) in [6.45, 7) is 7.62. The van der Waals surface area contributed by atoms with Gasteiger partial charge < -0.3 is 14.7 Å². The van der Waals surface area contributed by atoms with Crippen molar-refractivity contribution in [2.45, 2.75) is 52.7 Å². The molecule has 104 valence electrons. The second-order valence-corrected chi connectivity index (χ2v) is 4.92. The smallest absolute Gasteiger partial charge is 0.245 e. The molecule has 2 atom stereocenters. The predicted octanol–water partition coefficient (Wildman–Crippen LogP) is 0.917. The van der Waals surface area contributed by atoms with Crippen LogP contribution in [-0.4, -0.2) is 34.0 Å². The molecule has 0 aliphatic carbocycles. The van der Waals surface area contributed by atoms with Crippen molar-refractivity contribution in [1.29, 1.82) is 0 Å². The summed E-state index contributed by atoms with van der Waals surface area (Å²) in [5.74, 6) is 0.534. The van der Waals surface area contributed by atoms with E-state index in [1.54, 1.807) is 11.8 Å². The lowest BCUT2D eigenvalue weighted by molar-refractivity contribution is -0.149. The van der Waals surface area contributed by atoms with Gasteiger partial charge in [0.2, 0.25) is 11.8 Å². The molecule has 19 heavy (non-hydrogen) atoms. The Morgan fingerprint density at radius 1 is 1.37 bits per heavy atom. The minimum absolute atomic E-state index is 0.0635. The summed E-state index contributed by atoms with van der Waals surface area (Å²) in [7, 11) is 0. The molecule has 1 aromatic heterocycles. The lowest BCUT2D eigenvalue weighted by Gasteiger charge is -2.37. The molecule has 6 nitrogen and oxygen atoms in total. The van der Waals surface area contributed by atoms with Crippen LogP contribution in [0.4, 0.5) is 0 Å². The predicted molar refractivity (Wildman–Crippen MR) is 68.2 cm³/mol. The molecule has 1 N–H and O–H groups in total. The lowest BCUT2D eigenvalue weighted by atomic mass is 10.0. The number of carbonyl (C=O) groups is 2. The molecule has 1 aliphatic rings. The standard InChI is InChI=1S/C13H19N3O3/c1-5-11-12(17)14-8(3)13(18)16(11)6-10-7(2)15-19-9(10)4/h8,11H,5-6H2,1-4H3,(H,14,17). The molecular formula is C13H19N3O3. The van der Waals surface area contributed by atoms with Gasteiger partial charge in [0.15, 0.2) is 0 Å². The Balaban J connectivity index is 2.29. The van der Waals surface area contributed by atoms with Crippen molar-refractivity contribution >= 4 is 11.8 Å². The maximum Gasteiger partial charge on any atom is 0.245 e. The van der Waals surface area contributed by atoms with Gasteiger partial charge in [-0.2, -0.15) is 0 Å². The van der Waals surface area contributed by atoms with Gasteiger partial charge in [0.05, 0.1) is 12.2 Å². The van der Waals surface area contributed by atoms with Crippen LogP contribution in [0.2, 0.25) is 0 Å². The van der Waals surface area contributed by atoms with Crippen LogP contribution in [0.15, 0.2) is 4.52 Å². The quantitative estimate of drug-likeness (QED) is 0.881. The molecule has 2 rings (SSSR count). The Hall–Kier alpha value is -1.85. The number of nitrogens with zero attached hydrogens (tertiary/aromatic N) is 2. The highest BCUT2D eigenvalue weighted by Gasteiger charge is 2.38. The van der Waals surface area contributed by atoms with Crippen LogP contribution < -0.4 is 5.32 Å². The highest BCUT2D eigenvalue weighted by molar-refractivity contribution is 5.96. The largest absolute Gasteiger partial charge is 0.361 e. The van der Waals surface area contributed by atoms with E-state index >= 15 is 0 Å². The summed E-state index contributed by atoms with van der Waals surface area (Å²) in [6, 6.07) is -0.895. The first-order chi connectivity index (χ1) is 8.95. The molecule has 1 aliphatic heterocycles. The van der Waals surface area contributed by atoms with E-state index in [-0.39, 0.29) is 11.8 Å². The van der Waals surface area contributed by atoms with Crippen LogP contribution in [-0.2, 0) is 16.1 Å². The SMILES string of the molecule is CCC1C(=O)NC(C)C(=O)N1Cc1c(C)noc1C. The van der Waals surface area contributed by atoms with Crippen LogP contribution >= 0.6 is 0 Å². The minimum atomic E-state index is -0.476. The Kier molecular flexibility index (Phi) is 3.59. The zero-order valence-corrected chi connectivity index (χ0v) is 11.7. The van der Waals surface area contributed by atoms with Gasteiger partial charge in [-0.05, 0) is 27.2 Å². The third kappa shape index (κ3) is 2.34. The Bertz CT molecular complexity index is 490. The number of hydrogen-bond acceptors (Lipinski definition) is 4. The molecule has 6 heteroatoms. The van der Waals surface area contributed by atoms with E-state index in [0.29, 0.717) is 18.7 Å². The number of hydrogen-bond donors (Lipinski definition) is 1. The van der Waals surface area contributed by atoms with Crippen LogP contribution in [0.25, 0.3) is 0 Å². The number of aromatic nitrogens is 1. The van der Waals surface area contributed by atoms with Crippen LogP contribution in [0, 0.1) is 13.8 Å². The lowest BCUT2D eigenvalue weighted by Crippen LogP contribution is -2.61. The topological polar surface area (TPSA) is 75.4 Å². The van der Waals surface area contributed by atoms with E-state index < -0.39 is 12.1 Å². The van der Waals surface area contributed by atoms with Crippen LogP contribution in [0.3, 0.4) is 0 Å². The molecule has 1 fully saturated rings. The van der Waals surface area contributed by atoms with E-state index in [0.717, 1.165) is 11.3 Å². The van der Waals surface area contributed by atoms with Crippen molar-refractivity contribution in [1.82, 2.24) is 15.4 Å². The number of nitrogens with one attached hydrogen (secondary N) is 1. The summed E-state index contributed by atoms with van der Waals surface area (Å²) in [5, 5.41) is 6.58. The maximum absolute atomic E-state index is 12.2. The monoisotopic (exact) mass is 265 g/mol. The van der Waals surface area contributed by atoms with Gasteiger partial charge >= 0.3 is 0 Å². The number of aryl methyl sites for hydroxylation is 2. The average molecular weight is 265 g/mol. The summed E-state index contributed by atoms with van der Waals surface area (Å²) < 4.78 is 5.11. The van der Waals surface area contributed by atoms with Gasteiger partial charge in [-0.25, -0.2) is 0 Å². The average Bonchev–Trinajstić information content (AvgIpc) is 2.67. The first kappa shape index (κ1) is 13.6. The van der Waals surface area contributed by atoms with Gasteiger partial charge in [-0.15, -0.1) is 0 Å². The maximum atomic E-state index is 12.2. The van der Waals surface area contributed by atoms with Crippen molar-refractivity contribution in [2.75, 3.05) is 0 Å². The summed E-state index contributed by atoms with van der Waals surface area (Å²) in [6.07, 6.45) is 0.591. The molecule has 2 amide bonds. The molecule has 1 aromatic rings. The molecule has 0 radical (unpaired) electrons. The minimum Gasteiger partial charge on any atom is -0.361 e. The van der Waals surface area contributed by atoms with E-state index in [9.17, 15) is 9.59 Å². The third-order valence-electron chi connectivity index (χ3n) is 3.59. The first-order valence-corrected chi connectivity index (χ1v) is 6.48. The molecule has 0 bridgehead atoms. The van der Waals surface area contributed by atoms with Crippen molar-refractivity contribution < 1.29 is 14.1 Å². The highest BCUT2D eigenvalue weighted by atomic mass is 16.5. The van der Waals surface area contributed by atoms with Gasteiger partial charge in [0, 0.05) is 5.56 Å². The second kappa shape index (κ2) is 5.03. The molecule has 2 heterocycles. The van der Waals surface area contributed by atoms with Crippen molar-refractivity contribution in [3.8, 4) is 0 Å². The Morgan fingerprint density at radius 2 is 2.05 bits per heavy atom. The number of rotatable bonds is 3. The molecule has 2 unspecified atom stereocenters. The van der Waals surface area contributed by atoms with Gasteiger partial charge in [0.25, 0.3) is 0 Å². The van der Waals surface area contributed by atoms with Crippen LogP contribution in [0.5, 0.6) is 0 Å². The summed E-state index contributed by atoms with van der Waals surface area (Å²) >= 11 is 0. The third-order valence-corrected chi connectivity index (χ3v) is 3.59. The molecule has 0 spiro atoms. The first-order valence-electron chi connectivity index (χ1n) is 6.48. The summed E-state index contributed by atoms with van der Waals surface area (Å²) in [4.78, 5) is 25.8. The molecule has 1 saturated heterocycles. The van der Waals surface area contributed by atoms with E-state index in [2.05, 4.69) is 10.5 Å². The van der Waals surface area contributed by atoms with Crippen molar-refractivity contribution in [3.63, 3.8) is 0 Å². The molecular weight excluding hydrogens is 246 g/mol. The number of carbonyl (C=O) groups excluding carboxylic acids is 2. The van der Waals surface area contributed by atoms with Crippen LogP contribution in [0.1, 0.15) is 37.3 Å². The second-order valence-electron chi connectivity index (χ2n) is 4.92. The zero-order chi connectivity index (χ0) is 14.2. The zero-order valence-electron chi connectivity index (χ0n) is 11.7. The fraction of sp³-hybridized carbons (Fsp3) is 0.615. The van der Waals surface area contributed by atoms with Gasteiger partial charge in [-0.1, -0.05) is 12.1 Å². The highest BCUT2D eigenvalue weighted by Crippen LogP contribution is 2.20. The fourth-order valence-corrected chi connectivity index (χ4v) is 2.41. The Morgan fingerprint density at radius 3 is 2.58 bits per heavy atom. The molecule has 0 saturated carbocycles. The van der Waals surface area contributed by atoms with E-state index in [4.69, 9.17) is 4.52 Å². The molecule has 0 aromatic carbocycles. The Labute approximate surface area is 112 Å². The number of amides is 2. The normalized spacial score (nSPS) is 23.7. The van der Waals surface area contributed by atoms with E-state index in [1.165, 1.54) is 0 Å². The van der Waals surface area contributed by atoms with E-state index in [1.807, 2.05) is 20.8 Å².